The van der Waals surface area contributed by atoms with Gasteiger partial charge >= 0.3 is 0 Å². The van der Waals surface area contributed by atoms with Gasteiger partial charge in [0, 0.05) is 23.7 Å². The second kappa shape index (κ2) is 6.84. The summed E-state index contributed by atoms with van der Waals surface area (Å²) in [7, 11) is 1.65. The van der Waals surface area contributed by atoms with E-state index in [1.807, 2.05) is 48.5 Å². The first-order valence-electron chi connectivity index (χ1n) is 9.08. The van der Waals surface area contributed by atoms with Gasteiger partial charge < -0.3 is 14.2 Å². The standard InChI is InChI=1S/C21H18N4O3/c1-26-16-6-3-14(4-7-16)17-9-10-22-21-23-20(24-25(17)21)15-5-8-18-19(13-15)28-12-2-11-27-18/h3-10,13H,2,11-12H2,1H3. The third-order valence-electron chi connectivity index (χ3n) is 4.63. The zero-order valence-corrected chi connectivity index (χ0v) is 15.3. The molecule has 3 heterocycles. The molecule has 0 atom stereocenters. The van der Waals surface area contributed by atoms with E-state index in [1.54, 1.807) is 17.8 Å². The first kappa shape index (κ1) is 16.6. The monoisotopic (exact) mass is 374 g/mol. The molecule has 4 aromatic rings. The number of hydrogen-bond acceptors (Lipinski definition) is 6. The van der Waals surface area contributed by atoms with Gasteiger partial charge in [0.15, 0.2) is 17.3 Å². The molecule has 0 aliphatic carbocycles. The maximum Gasteiger partial charge on any atom is 0.253 e. The smallest absolute Gasteiger partial charge is 0.253 e. The molecule has 0 N–H and O–H groups in total. The van der Waals surface area contributed by atoms with E-state index < -0.39 is 0 Å². The van der Waals surface area contributed by atoms with Crippen LogP contribution in [0, 0.1) is 0 Å². The van der Waals surface area contributed by atoms with Crippen LogP contribution >= 0.6 is 0 Å². The molecule has 0 saturated carbocycles. The second-order valence-electron chi connectivity index (χ2n) is 6.42. The molecule has 140 valence electrons. The molecule has 0 bridgehead atoms. The average molecular weight is 374 g/mol. The van der Waals surface area contributed by atoms with Crippen LogP contribution in [0.25, 0.3) is 28.4 Å². The van der Waals surface area contributed by atoms with E-state index in [0.717, 1.165) is 40.5 Å². The maximum atomic E-state index is 5.78. The molecular weight excluding hydrogens is 356 g/mol. The normalized spacial score (nSPS) is 13.3. The van der Waals surface area contributed by atoms with Gasteiger partial charge in [0.25, 0.3) is 5.78 Å². The first-order valence-corrected chi connectivity index (χ1v) is 9.08. The van der Waals surface area contributed by atoms with Crippen molar-refractivity contribution in [1.29, 1.82) is 0 Å². The van der Waals surface area contributed by atoms with Gasteiger partial charge in [-0.05, 0) is 48.5 Å². The topological polar surface area (TPSA) is 70.8 Å². The molecule has 7 heteroatoms. The average Bonchev–Trinajstić information content (AvgIpc) is 3.05. The maximum absolute atomic E-state index is 5.78. The van der Waals surface area contributed by atoms with Crippen LogP contribution < -0.4 is 14.2 Å². The molecule has 0 spiro atoms. The molecule has 0 unspecified atom stereocenters. The minimum absolute atomic E-state index is 0.537. The van der Waals surface area contributed by atoms with Crippen molar-refractivity contribution in [3.05, 3.63) is 54.7 Å². The van der Waals surface area contributed by atoms with Gasteiger partial charge in [0.1, 0.15) is 5.75 Å². The first-order chi connectivity index (χ1) is 13.8. The molecule has 2 aromatic carbocycles. The van der Waals surface area contributed by atoms with Crippen LogP contribution in [0.1, 0.15) is 6.42 Å². The number of nitrogens with zero attached hydrogens (tertiary/aromatic N) is 4. The van der Waals surface area contributed by atoms with Gasteiger partial charge in [0.2, 0.25) is 0 Å². The van der Waals surface area contributed by atoms with Crippen molar-refractivity contribution in [1.82, 2.24) is 19.6 Å². The fourth-order valence-corrected chi connectivity index (χ4v) is 3.20. The van der Waals surface area contributed by atoms with Crippen molar-refractivity contribution < 1.29 is 14.2 Å². The van der Waals surface area contributed by atoms with Crippen LogP contribution in [0.3, 0.4) is 0 Å². The molecule has 0 amide bonds. The second-order valence-corrected chi connectivity index (χ2v) is 6.42. The number of benzene rings is 2. The van der Waals surface area contributed by atoms with Crippen molar-refractivity contribution in [2.45, 2.75) is 6.42 Å². The molecule has 1 aliphatic heterocycles. The predicted molar refractivity (Wildman–Crippen MR) is 104 cm³/mol. The lowest BCUT2D eigenvalue weighted by atomic mass is 10.1. The van der Waals surface area contributed by atoms with E-state index in [-0.39, 0.29) is 0 Å². The Morgan fingerprint density at radius 1 is 0.929 bits per heavy atom. The predicted octanol–water partition coefficient (Wildman–Crippen LogP) is 3.63. The van der Waals surface area contributed by atoms with Crippen molar-refractivity contribution >= 4 is 5.78 Å². The molecule has 0 saturated heterocycles. The summed E-state index contributed by atoms with van der Waals surface area (Å²) in [5.41, 5.74) is 2.76. The van der Waals surface area contributed by atoms with Crippen LogP contribution in [-0.2, 0) is 0 Å². The van der Waals surface area contributed by atoms with Crippen molar-refractivity contribution in [2.75, 3.05) is 20.3 Å². The van der Waals surface area contributed by atoms with E-state index in [0.29, 0.717) is 24.8 Å². The molecule has 2 aromatic heterocycles. The number of rotatable bonds is 3. The number of hydrogen-bond donors (Lipinski definition) is 0. The highest BCUT2D eigenvalue weighted by Gasteiger charge is 2.15. The van der Waals surface area contributed by atoms with Crippen LogP contribution in [0.5, 0.6) is 17.2 Å². The number of methoxy groups -OCH3 is 1. The summed E-state index contributed by atoms with van der Waals surface area (Å²) in [5.74, 6) is 3.40. The third kappa shape index (κ3) is 2.90. The third-order valence-corrected chi connectivity index (χ3v) is 4.63. The quantitative estimate of drug-likeness (QED) is 0.545. The minimum atomic E-state index is 0.537. The van der Waals surface area contributed by atoms with E-state index in [2.05, 4.69) is 15.1 Å². The molecule has 7 nitrogen and oxygen atoms in total. The highest BCUT2D eigenvalue weighted by Crippen LogP contribution is 2.33. The van der Waals surface area contributed by atoms with Crippen molar-refractivity contribution in [3.8, 4) is 39.9 Å². The Morgan fingerprint density at radius 3 is 2.54 bits per heavy atom. The number of aromatic nitrogens is 4. The minimum Gasteiger partial charge on any atom is -0.497 e. The summed E-state index contributed by atoms with van der Waals surface area (Å²) < 4.78 is 18.5. The van der Waals surface area contributed by atoms with Crippen LogP contribution in [0.2, 0.25) is 0 Å². The van der Waals surface area contributed by atoms with Crippen molar-refractivity contribution in [3.63, 3.8) is 0 Å². The fraction of sp³-hybridized carbons (Fsp3) is 0.190. The molecule has 0 radical (unpaired) electrons. The van der Waals surface area contributed by atoms with Crippen molar-refractivity contribution in [2.24, 2.45) is 0 Å². The molecule has 1 aliphatic rings. The summed E-state index contributed by atoms with van der Waals surface area (Å²) in [6.45, 7) is 1.30. The SMILES string of the molecule is COc1ccc(-c2ccnc3nc(-c4ccc5c(c4)OCCCO5)nn23)cc1. The summed E-state index contributed by atoms with van der Waals surface area (Å²) in [6.07, 6.45) is 2.60. The Kier molecular flexibility index (Phi) is 4.05. The Morgan fingerprint density at radius 2 is 1.71 bits per heavy atom. The van der Waals surface area contributed by atoms with Gasteiger partial charge in [-0.1, -0.05) is 0 Å². The van der Waals surface area contributed by atoms with Gasteiger partial charge in [0.05, 0.1) is 26.0 Å². The van der Waals surface area contributed by atoms with Crippen LogP contribution in [-0.4, -0.2) is 39.9 Å². The van der Waals surface area contributed by atoms with Crippen LogP contribution in [0.15, 0.2) is 54.7 Å². The largest absolute Gasteiger partial charge is 0.497 e. The van der Waals surface area contributed by atoms with Gasteiger partial charge in [-0.15, -0.1) is 5.10 Å². The Bertz CT molecular complexity index is 1140. The molecular formula is C21H18N4O3. The zero-order chi connectivity index (χ0) is 18.9. The summed E-state index contributed by atoms with van der Waals surface area (Å²) in [4.78, 5) is 8.95. The number of ether oxygens (including phenoxy) is 3. The fourth-order valence-electron chi connectivity index (χ4n) is 3.20. The van der Waals surface area contributed by atoms with E-state index in [9.17, 15) is 0 Å². The lowest BCUT2D eigenvalue weighted by Gasteiger charge is -2.07. The van der Waals surface area contributed by atoms with E-state index in [1.165, 1.54) is 0 Å². The van der Waals surface area contributed by atoms with Gasteiger partial charge in [-0.2, -0.15) is 9.50 Å². The Hall–Kier alpha value is -3.61. The summed E-state index contributed by atoms with van der Waals surface area (Å²) in [5, 5.41) is 4.69. The van der Waals surface area contributed by atoms with Gasteiger partial charge in [-0.25, -0.2) is 4.98 Å². The summed E-state index contributed by atoms with van der Waals surface area (Å²) >= 11 is 0. The molecule has 28 heavy (non-hydrogen) atoms. The zero-order valence-electron chi connectivity index (χ0n) is 15.3. The molecule has 5 rings (SSSR count). The highest BCUT2D eigenvalue weighted by molar-refractivity contribution is 5.66. The Balaban J connectivity index is 1.58. The summed E-state index contributed by atoms with van der Waals surface area (Å²) in [6, 6.07) is 15.5. The van der Waals surface area contributed by atoms with Gasteiger partial charge in [-0.3, -0.25) is 0 Å². The molecule has 0 fully saturated rings. The number of fused-ring (bicyclic) bond motifs is 2. The van der Waals surface area contributed by atoms with E-state index >= 15 is 0 Å². The van der Waals surface area contributed by atoms with E-state index in [4.69, 9.17) is 14.2 Å². The lowest BCUT2D eigenvalue weighted by Crippen LogP contribution is -1.97. The lowest BCUT2D eigenvalue weighted by molar-refractivity contribution is 0.297. The Labute approximate surface area is 161 Å². The van der Waals surface area contributed by atoms with Crippen LogP contribution in [0.4, 0.5) is 0 Å². The highest BCUT2D eigenvalue weighted by atomic mass is 16.5.